The Bertz CT molecular complexity index is 1020. The zero-order chi connectivity index (χ0) is 20.3. The molecule has 0 saturated carbocycles. The number of aryl methyl sites for hydroxylation is 1. The maximum absolute atomic E-state index is 12.3. The van der Waals surface area contributed by atoms with Crippen LogP contribution in [0, 0.1) is 6.92 Å². The minimum absolute atomic E-state index is 0.0448. The summed E-state index contributed by atoms with van der Waals surface area (Å²) in [6, 6.07) is 8.40. The number of aromatic hydroxyl groups is 1. The highest BCUT2D eigenvalue weighted by atomic mass is 79.9. The summed E-state index contributed by atoms with van der Waals surface area (Å²) in [5.41, 5.74) is 1.44. The third kappa shape index (κ3) is 4.09. The molecule has 146 valence electrons. The summed E-state index contributed by atoms with van der Waals surface area (Å²) in [6.07, 6.45) is 0. The van der Waals surface area contributed by atoms with Gasteiger partial charge in [0.15, 0.2) is 6.61 Å². The van der Waals surface area contributed by atoms with Gasteiger partial charge in [0.25, 0.3) is 5.89 Å². The molecule has 8 nitrogen and oxygen atoms in total. The van der Waals surface area contributed by atoms with E-state index in [9.17, 15) is 9.90 Å². The third-order valence-electron chi connectivity index (χ3n) is 3.87. The van der Waals surface area contributed by atoms with Crippen LogP contribution in [-0.4, -0.2) is 35.4 Å². The molecule has 0 bridgehead atoms. The normalized spacial score (nSPS) is 10.6. The summed E-state index contributed by atoms with van der Waals surface area (Å²) in [7, 11) is 3.08. The average molecular weight is 449 g/mol. The van der Waals surface area contributed by atoms with Gasteiger partial charge in [-0.2, -0.15) is 4.98 Å². The molecule has 0 amide bonds. The number of methoxy groups -OCH3 is 2. The molecule has 3 aromatic rings. The monoisotopic (exact) mass is 448 g/mol. The maximum Gasteiger partial charge on any atom is 0.342 e. The Labute approximate surface area is 169 Å². The molecule has 1 N–H and O–H groups in total. The molecular weight excluding hydrogens is 432 g/mol. The van der Waals surface area contributed by atoms with Crippen molar-refractivity contribution in [3.8, 4) is 28.6 Å². The lowest BCUT2D eigenvalue weighted by Crippen LogP contribution is -2.06. The molecule has 3 rings (SSSR count). The first-order valence-electron chi connectivity index (χ1n) is 8.14. The molecule has 1 heterocycles. The van der Waals surface area contributed by atoms with Crippen LogP contribution in [0.4, 0.5) is 0 Å². The number of ether oxygens (including phenoxy) is 3. The van der Waals surface area contributed by atoms with E-state index >= 15 is 0 Å². The molecule has 28 heavy (non-hydrogen) atoms. The van der Waals surface area contributed by atoms with Gasteiger partial charge in [-0.15, -0.1) is 0 Å². The third-order valence-corrected chi connectivity index (χ3v) is 4.48. The van der Waals surface area contributed by atoms with E-state index in [2.05, 4.69) is 26.1 Å². The van der Waals surface area contributed by atoms with Gasteiger partial charge < -0.3 is 23.8 Å². The summed E-state index contributed by atoms with van der Waals surface area (Å²) in [5, 5.41) is 13.9. The van der Waals surface area contributed by atoms with E-state index < -0.39 is 5.97 Å². The van der Waals surface area contributed by atoms with Crippen molar-refractivity contribution >= 4 is 21.9 Å². The van der Waals surface area contributed by atoms with Gasteiger partial charge in [0, 0.05) is 6.07 Å². The molecule has 2 aromatic carbocycles. The highest BCUT2D eigenvalue weighted by Gasteiger charge is 2.19. The zero-order valence-electron chi connectivity index (χ0n) is 15.4. The van der Waals surface area contributed by atoms with Gasteiger partial charge in [0.05, 0.1) is 24.3 Å². The number of carbonyl (C=O) groups is 1. The Morgan fingerprint density at radius 3 is 2.71 bits per heavy atom. The second kappa shape index (κ2) is 8.30. The van der Waals surface area contributed by atoms with Crippen molar-refractivity contribution < 1.29 is 28.6 Å². The molecule has 0 atom stereocenters. The van der Waals surface area contributed by atoms with E-state index in [0.717, 1.165) is 5.56 Å². The maximum atomic E-state index is 12.3. The molecule has 0 saturated heterocycles. The van der Waals surface area contributed by atoms with Gasteiger partial charge in [0.2, 0.25) is 5.82 Å². The summed E-state index contributed by atoms with van der Waals surface area (Å²) in [4.78, 5) is 16.5. The number of benzene rings is 2. The number of carbonyl (C=O) groups excluding carboxylic acids is 1. The number of phenolic OH excluding ortho intramolecular Hbond substituents is 1. The first-order valence-corrected chi connectivity index (χ1v) is 8.93. The fraction of sp³-hybridized carbons (Fsp3) is 0.211. The van der Waals surface area contributed by atoms with E-state index in [1.807, 2.05) is 0 Å². The lowest BCUT2D eigenvalue weighted by Gasteiger charge is -2.07. The Hall–Kier alpha value is -3.07. The number of aromatic nitrogens is 2. The van der Waals surface area contributed by atoms with Gasteiger partial charge in [0.1, 0.15) is 22.8 Å². The van der Waals surface area contributed by atoms with Crippen LogP contribution in [0.1, 0.15) is 21.8 Å². The quantitative estimate of drug-likeness (QED) is 0.566. The summed E-state index contributed by atoms with van der Waals surface area (Å²) in [5.74, 6) is 0.633. The SMILES string of the molecule is COc1ccc(-c2noc(COC(=O)c3cc(C)cc(Br)c3O)n2)c(OC)c1. The van der Waals surface area contributed by atoms with Crippen molar-refractivity contribution in [2.24, 2.45) is 0 Å². The second-order valence-electron chi connectivity index (χ2n) is 5.80. The van der Waals surface area contributed by atoms with Crippen molar-refractivity contribution in [1.82, 2.24) is 10.1 Å². The Morgan fingerprint density at radius 2 is 2.00 bits per heavy atom. The van der Waals surface area contributed by atoms with Crippen molar-refractivity contribution in [3.05, 3.63) is 51.8 Å². The second-order valence-corrected chi connectivity index (χ2v) is 6.65. The van der Waals surface area contributed by atoms with Crippen molar-refractivity contribution in [3.63, 3.8) is 0 Å². The fourth-order valence-corrected chi connectivity index (χ4v) is 3.08. The molecule has 0 aliphatic heterocycles. The van der Waals surface area contributed by atoms with Gasteiger partial charge in [-0.3, -0.25) is 0 Å². The average Bonchev–Trinajstić information content (AvgIpc) is 3.17. The predicted octanol–water partition coefficient (Wildman–Crippen LogP) is 3.89. The Kier molecular flexibility index (Phi) is 5.84. The van der Waals surface area contributed by atoms with Crippen LogP contribution in [-0.2, 0) is 11.3 Å². The molecular formula is C19H17BrN2O6. The van der Waals surface area contributed by atoms with Gasteiger partial charge in [-0.1, -0.05) is 5.16 Å². The van der Waals surface area contributed by atoms with E-state index in [4.69, 9.17) is 18.7 Å². The number of nitrogens with zero attached hydrogens (tertiary/aromatic N) is 2. The van der Waals surface area contributed by atoms with Crippen LogP contribution in [0.25, 0.3) is 11.4 Å². The largest absolute Gasteiger partial charge is 0.506 e. The smallest absolute Gasteiger partial charge is 0.342 e. The highest BCUT2D eigenvalue weighted by molar-refractivity contribution is 9.10. The molecule has 0 aliphatic rings. The highest BCUT2D eigenvalue weighted by Crippen LogP contribution is 2.32. The van der Waals surface area contributed by atoms with Crippen LogP contribution in [0.15, 0.2) is 39.3 Å². The number of hydrogen-bond acceptors (Lipinski definition) is 8. The van der Waals surface area contributed by atoms with Crippen LogP contribution >= 0.6 is 15.9 Å². The number of rotatable bonds is 6. The molecule has 9 heteroatoms. The first kappa shape index (κ1) is 19.7. The van der Waals surface area contributed by atoms with Crippen LogP contribution in [0.3, 0.4) is 0 Å². The van der Waals surface area contributed by atoms with Gasteiger partial charge in [-0.05, 0) is 52.7 Å². The van der Waals surface area contributed by atoms with E-state index in [1.165, 1.54) is 13.2 Å². The van der Waals surface area contributed by atoms with Crippen LogP contribution in [0.5, 0.6) is 17.2 Å². The van der Waals surface area contributed by atoms with Gasteiger partial charge in [-0.25, -0.2) is 4.79 Å². The zero-order valence-corrected chi connectivity index (χ0v) is 16.9. The summed E-state index contributed by atoms with van der Waals surface area (Å²) < 4.78 is 21.2. The minimum Gasteiger partial charge on any atom is -0.506 e. The first-order chi connectivity index (χ1) is 13.4. The van der Waals surface area contributed by atoms with Crippen molar-refractivity contribution in [2.75, 3.05) is 14.2 Å². The summed E-state index contributed by atoms with van der Waals surface area (Å²) in [6.45, 7) is 1.56. The Morgan fingerprint density at radius 1 is 1.21 bits per heavy atom. The summed E-state index contributed by atoms with van der Waals surface area (Å²) >= 11 is 3.19. The van der Waals surface area contributed by atoms with Crippen LogP contribution in [0.2, 0.25) is 0 Å². The van der Waals surface area contributed by atoms with Crippen LogP contribution < -0.4 is 9.47 Å². The fourth-order valence-electron chi connectivity index (χ4n) is 2.50. The lowest BCUT2D eigenvalue weighted by molar-refractivity contribution is 0.0426. The van der Waals surface area contributed by atoms with E-state index in [0.29, 0.717) is 21.5 Å². The molecule has 0 unspecified atom stereocenters. The molecule has 0 fully saturated rings. The van der Waals surface area contributed by atoms with Crippen molar-refractivity contribution in [2.45, 2.75) is 13.5 Å². The number of esters is 1. The molecule has 1 aromatic heterocycles. The van der Waals surface area contributed by atoms with E-state index in [1.54, 1.807) is 38.3 Å². The predicted molar refractivity (Wildman–Crippen MR) is 103 cm³/mol. The lowest BCUT2D eigenvalue weighted by atomic mass is 10.1. The van der Waals surface area contributed by atoms with Crippen molar-refractivity contribution in [1.29, 1.82) is 0 Å². The van der Waals surface area contributed by atoms with Gasteiger partial charge >= 0.3 is 5.97 Å². The topological polar surface area (TPSA) is 104 Å². The molecule has 0 spiro atoms. The molecule has 0 aliphatic carbocycles. The minimum atomic E-state index is -0.705. The number of phenols is 1. The molecule has 0 radical (unpaired) electrons. The Balaban J connectivity index is 1.75. The van der Waals surface area contributed by atoms with E-state index in [-0.39, 0.29) is 29.6 Å². The number of hydrogen-bond donors (Lipinski definition) is 1. The number of halogens is 1. The standard InChI is InChI=1S/C19H17BrN2O6/c1-10-6-13(17(23)14(20)7-10)19(24)27-9-16-21-18(22-28-16)12-5-4-11(25-2)8-15(12)26-3/h4-8,23H,9H2,1-3H3.